The van der Waals surface area contributed by atoms with Crippen LogP contribution >= 0.6 is 0 Å². The second kappa shape index (κ2) is 9.24. The molecule has 4 aromatic rings. The molecule has 2 N–H and O–H groups in total. The molecular weight excluding hydrogens is 438 g/mol. The van der Waals surface area contributed by atoms with Crippen LogP contribution in [0.2, 0.25) is 0 Å². The van der Waals surface area contributed by atoms with Gasteiger partial charge in [-0.05, 0) is 52.4 Å². The summed E-state index contributed by atoms with van der Waals surface area (Å²) in [5.74, 6) is -1.66. The second-order valence-corrected chi connectivity index (χ2v) is 8.34. The number of pyridine rings is 1. The quantitative estimate of drug-likeness (QED) is 0.488. The van der Waals surface area contributed by atoms with Crippen molar-refractivity contribution < 1.29 is 8.78 Å². The molecule has 1 saturated heterocycles. The Morgan fingerprint density at radius 3 is 2.56 bits per heavy atom. The van der Waals surface area contributed by atoms with Crippen LogP contribution in [-0.4, -0.2) is 68.2 Å². The number of aromatic nitrogens is 5. The lowest BCUT2D eigenvalue weighted by atomic mass is 9.95. The molecule has 8 nitrogen and oxygen atoms in total. The molecule has 0 unspecified atom stereocenters. The lowest BCUT2D eigenvalue weighted by Crippen LogP contribution is -2.43. The minimum absolute atomic E-state index is 0.111. The molecule has 5 rings (SSSR count). The first-order valence-corrected chi connectivity index (χ1v) is 11.0. The van der Waals surface area contributed by atoms with Gasteiger partial charge in [0.2, 0.25) is 0 Å². The number of hydrogen-bond donors (Lipinski definition) is 1. The highest BCUT2D eigenvalue weighted by Gasteiger charge is 2.23. The Morgan fingerprint density at radius 1 is 0.941 bits per heavy atom. The van der Waals surface area contributed by atoms with Gasteiger partial charge in [-0.2, -0.15) is 4.68 Å². The summed E-state index contributed by atoms with van der Waals surface area (Å²) in [5.41, 5.74) is 9.51. The van der Waals surface area contributed by atoms with Gasteiger partial charge in [0.05, 0.1) is 5.56 Å². The summed E-state index contributed by atoms with van der Waals surface area (Å²) in [4.78, 5) is 8.96. The molecule has 10 heteroatoms. The van der Waals surface area contributed by atoms with Crippen molar-refractivity contribution in [3.63, 3.8) is 0 Å². The molecule has 0 bridgehead atoms. The van der Waals surface area contributed by atoms with E-state index >= 15 is 0 Å². The highest BCUT2D eigenvalue weighted by Crippen LogP contribution is 2.37. The SMILES string of the molecule is CN1CCN(Cc2ccccc2-c2ccnc(N)c2-c2nnnn2-c2cccc(F)c2F)CC1. The van der Waals surface area contributed by atoms with Crippen molar-refractivity contribution >= 4 is 5.82 Å². The van der Waals surface area contributed by atoms with Crippen molar-refractivity contribution in [2.24, 2.45) is 0 Å². The monoisotopic (exact) mass is 462 g/mol. The van der Waals surface area contributed by atoms with Crippen molar-refractivity contribution in [2.75, 3.05) is 39.0 Å². The zero-order valence-electron chi connectivity index (χ0n) is 18.7. The molecule has 0 saturated carbocycles. The predicted octanol–water partition coefficient (Wildman–Crippen LogP) is 3.00. The maximum absolute atomic E-state index is 14.6. The highest BCUT2D eigenvalue weighted by atomic mass is 19.2. The largest absolute Gasteiger partial charge is 0.383 e. The molecule has 3 heterocycles. The number of likely N-dealkylation sites (N-methyl/N-ethyl adjacent to an activating group) is 1. The molecule has 2 aromatic heterocycles. The first kappa shape index (κ1) is 22.1. The van der Waals surface area contributed by atoms with Crippen LogP contribution in [0.4, 0.5) is 14.6 Å². The summed E-state index contributed by atoms with van der Waals surface area (Å²) < 4.78 is 29.7. The number of hydrogen-bond acceptors (Lipinski definition) is 7. The van der Waals surface area contributed by atoms with Gasteiger partial charge in [-0.3, -0.25) is 4.90 Å². The Morgan fingerprint density at radius 2 is 1.74 bits per heavy atom. The summed E-state index contributed by atoms with van der Waals surface area (Å²) in [5, 5.41) is 11.7. The molecular formula is C24H24F2N8. The van der Waals surface area contributed by atoms with E-state index in [-0.39, 0.29) is 17.3 Å². The van der Waals surface area contributed by atoms with Gasteiger partial charge in [-0.15, -0.1) is 5.10 Å². The standard InChI is InChI=1S/C24H24F2N8/c1-32-11-13-33(14-12-32)15-16-5-2-3-6-17(16)18-9-10-28-23(27)21(18)24-29-30-31-34(24)20-8-4-7-19(25)22(20)26/h2-10H,11-15H2,1H3,(H2,27,28). The van der Waals surface area contributed by atoms with Crippen LogP contribution in [0.25, 0.3) is 28.2 Å². The molecule has 2 aromatic carbocycles. The van der Waals surface area contributed by atoms with E-state index in [1.54, 1.807) is 6.20 Å². The molecule has 1 aliphatic heterocycles. The van der Waals surface area contributed by atoms with E-state index in [4.69, 9.17) is 5.73 Å². The summed E-state index contributed by atoms with van der Waals surface area (Å²) in [6.45, 7) is 4.77. The number of rotatable bonds is 5. The van der Waals surface area contributed by atoms with Gasteiger partial charge in [0.15, 0.2) is 17.5 Å². The maximum atomic E-state index is 14.6. The summed E-state index contributed by atoms with van der Waals surface area (Å²) >= 11 is 0. The molecule has 174 valence electrons. The van der Waals surface area contributed by atoms with Gasteiger partial charge in [-0.25, -0.2) is 13.8 Å². The number of nitrogens with two attached hydrogens (primary N) is 1. The third kappa shape index (κ3) is 4.13. The first-order valence-electron chi connectivity index (χ1n) is 11.0. The third-order valence-electron chi connectivity index (χ3n) is 6.13. The summed E-state index contributed by atoms with van der Waals surface area (Å²) in [6.07, 6.45) is 1.62. The Kier molecular flexibility index (Phi) is 5.99. The van der Waals surface area contributed by atoms with Crippen LogP contribution in [0.5, 0.6) is 0 Å². The number of anilines is 1. The van der Waals surface area contributed by atoms with E-state index in [2.05, 4.69) is 43.4 Å². The average Bonchev–Trinajstić information content (AvgIpc) is 3.31. The number of nitrogens with zero attached hydrogens (tertiary/aromatic N) is 7. The van der Waals surface area contributed by atoms with Crippen molar-refractivity contribution in [1.82, 2.24) is 35.0 Å². The Bertz CT molecular complexity index is 1310. The van der Waals surface area contributed by atoms with Crippen LogP contribution in [0.3, 0.4) is 0 Å². The fraction of sp³-hybridized carbons (Fsp3) is 0.250. The molecule has 0 atom stereocenters. The zero-order chi connectivity index (χ0) is 23.7. The zero-order valence-corrected chi connectivity index (χ0v) is 18.7. The van der Waals surface area contributed by atoms with Gasteiger partial charge in [-0.1, -0.05) is 30.3 Å². The van der Waals surface area contributed by atoms with Gasteiger partial charge in [0.25, 0.3) is 0 Å². The minimum Gasteiger partial charge on any atom is -0.383 e. The Hall–Kier alpha value is -3.76. The topological polar surface area (TPSA) is 89.0 Å². The van der Waals surface area contributed by atoms with Gasteiger partial charge in [0, 0.05) is 38.9 Å². The minimum atomic E-state index is -1.05. The van der Waals surface area contributed by atoms with Crippen molar-refractivity contribution in [1.29, 1.82) is 0 Å². The number of halogens is 2. The van der Waals surface area contributed by atoms with Gasteiger partial charge >= 0.3 is 0 Å². The number of tetrazole rings is 1. The van der Waals surface area contributed by atoms with Crippen LogP contribution < -0.4 is 5.73 Å². The van der Waals surface area contributed by atoms with E-state index in [0.29, 0.717) is 5.56 Å². The molecule has 0 amide bonds. The molecule has 1 fully saturated rings. The maximum Gasteiger partial charge on any atom is 0.191 e. The van der Waals surface area contributed by atoms with Gasteiger partial charge in [0.1, 0.15) is 11.5 Å². The molecule has 0 radical (unpaired) electrons. The third-order valence-corrected chi connectivity index (χ3v) is 6.13. The number of nitrogen functional groups attached to an aromatic ring is 1. The van der Waals surface area contributed by atoms with E-state index in [0.717, 1.165) is 60.2 Å². The van der Waals surface area contributed by atoms with Crippen molar-refractivity contribution in [3.05, 3.63) is 71.9 Å². The Balaban J connectivity index is 1.61. The lowest BCUT2D eigenvalue weighted by Gasteiger charge is -2.32. The highest BCUT2D eigenvalue weighted by molar-refractivity contribution is 5.88. The Labute approximate surface area is 195 Å². The van der Waals surface area contributed by atoms with E-state index in [1.807, 2.05) is 24.3 Å². The average molecular weight is 463 g/mol. The fourth-order valence-corrected chi connectivity index (χ4v) is 4.27. The van der Waals surface area contributed by atoms with E-state index in [1.165, 1.54) is 12.1 Å². The smallest absolute Gasteiger partial charge is 0.191 e. The normalized spacial score (nSPS) is 15.0. The molecule has 34 heavy (non-hydrogen) atoms. The lowest BCUT2D eigenvalue weighted by molar-refractivity contribution is 0.148. The fourth-order valence-electron chi connectivity index (χ4n) is 4.27. The van der Waals surface area contributed by atoms with Crippen LogP contribution in [-0.2, 0) is 6.54 Å². The van der Waals surface area contributed by atoms with Gasteiger partial charge < -0.3 is 10.6 Å². The molecule has 1 aliphatic rings. The van der Waals surface area contributed by atoms with E-state index < -0.39 is 11.6 Å². The van der Waals surface area contributed by atoms with E-state index in [9.17, 15) is 8.78 Å². The first-order chi connectivity index (χ1) is 16.5. The second-order valence-electron chi connectivity index (χ2n) is 8.34. The number of benzene rings is 2. The molecule has 0 spiro atoms. The van der Waals surface area contributed by atoms with Crippen molar-refractivity contribution in [2.45, 2.75) is 6.54 Å². The summed E-state index contributed by atoms with van der Waals surface area (Å²) in [7, 11) is 2.13. The molecule has 0 aliphatic carbocycles. The van der Waals surface area contributed by atoms with Crippen molar-refractivity contribution in [3.8, 4) is 28.2 Å². The summed E-state index contributed by atoms with van der Waals surface area (Å²) in [6, 6.07) is 13.8. The predicted molar refractivity (Wildman–Crippen MR) is 125 cm³/mol. The van der Waals surface area contributed by atoms with Crippen LogP contribution in [0, 0.1) is 11.6 Å². The number of piperazine rings is 1. The van der Waals surface area contributed by atoms with Crippen LogP contribution in [0.15, 0.2) is 54.7 Å². The van der Waals surface area contributed by atoms with Crippen LogP contribution in [0.1, 0.15) is 5.56 Å².